The van der Waals surface area contributed by atoms with Crippen molar-refractivity contribution in [3.05, 3.63) is 45.9 Å². The molecule has 6 heteroatoms. The summed E-state index contributed by atoms with van der Waals surface area (Å²) in [6.45, 7) is 1.39. The van der Waals surface area contributed by atoms with Crippen LogP contribution in [-0.2, 0) is 13.0 Å². The van der Waals surface area contributed by atoms with Gasteiger partial charge >= 0.3 is 0 Å². The molecule has 1 aromatic heterocycles. The molecule has 2 aromatic rings. The molecule has 1 heterocycles. The van der Waals surface area contributed by atoms with Crippen LogP contribution in [0.2, 0.25) is 0 Å². The van der Waals surface area contributed by atoms with Gasteiger partial charge in [-0.15, -0.1) is 11.3 Å². The molecule has 1 amide bonds. The van der Waals surface area contributed by atoms with E-state index < -0.39 is 0 Å². The first kappa shape index (κ1) is 19.0. The van der Waals surface area contributed by atoms with Crippen LogP contribution in [0, 0.1) is 0 Å². The Balaban J connectivity index is 1.67. The molecule has 1 aromatic carbocycles. The second kappa shape index (κ2) is 9.26. The van der Waals surface area contributed by atoms with Crippen molar-refractivity contribution in [3.63, 3.8) is 0 Å². The Morgan fingerprint density at radius 3 is 2.85 bits per heavy atom. The minimum Gasteiger partial charge on any atom is -0.330 e. The number of aromatic nitrogens is 1. The van der Waals surface area contributed by atoms with E-state index in [0.29, 0.717) is 24.7 Å². The highest BCUT2D eigenvalue weighted by Gasteiger charge is 2.19. The van der Waals surface area contributed by atoms with E-state index in [1.807, 2.05) is 18.2 Å². The summed E-state index contributed by atoms with van der Waals surface area (Å²) in [4.78, 5) is 19.4. The molecule has 1 aliphatic carbocycles. The van der Waals surface area contributed by atoms with E-state index in [0.717, 1.165) is 22.8 Å². The van der Waals surface area contributed by atoms with E-state index in [9.17, 15) is 4.79 Å². The molecule has 1 fully saturated rings. The van der Waals surface area contributed by atoms with Gasteiger partial charge < -0.3 is 11.1 Å². The number of carbonyl (C=O) groups excluding carboxylic acids is 1. The van der Waals surface area contributed by atoms with Gasteiger partial charge in [0, 0.05) is 30.1 Å². The molecule has 0 atom stereocenters. The number of hydrogen-bond donors (Lipinski definition) is 2. The van der Waals surface area contributed by atoms with Crippen LogP contribution < -0.4 is 11.1 Å². The molecule has 1 aliphatic rings. The average molecular weight is 373 g/mol. The van der Waals surface area contributed by atoms with Crippen LogP contribution in [-0.4, -0.2) is 35.4 Å². The van der Waals surface area contributed by atoms with Gasteiger partial charge in [0.2, 0.25) is 0 Å². The van der Waals surface area contributed by atoms with Crippen molar-refractivity contribution < 1.29 is 4.79 Å². The van der Waals surface area contributed by atoms with E-state index in [-0.39, 0.29) is 5.91 Å². The van der Waals surface area contributed by atoms with Crippen molar-refractivity contribution in [1.29, 1.82) is 0 Å². The van der Waals surface area contributed by atoms with Gasteiger partial charge in [0.1, 0.15) is 5.69 Å². The number of nitrogens with two attached hydrogens (primary N) is 1. The van der Waals surface area contributed by atoms with Gasteiger partial charge in [0.05, 0.1) is 5.01 Å². The molecule has 0 bridgehead atoms. The smallest absolute Gasteiger partial charge is 0.275 e. The van der Waals surface area contributed by atoms with E-state index >= 15 is 0 Å². The maximum Gasteiger partial charge on any atom is 0.275 e. The molecular formula is C20H28N4OS. The second-order valence-electron chi connectivity index (χ2n) is 6.98. The Bertz CT molecular complexity index is 724. The van der Waals surface area contributed by atoms with Crippen molar-refractivity contribution in [2.45, 2.75) is 51.1 Å². The van der Waals surface area contributed by atoms with E-state index in [4.69, 9.17) is 5.73 Å². The summed E-state index contributed by atoms with van der Waals surface area (Å²) in [7, 11) is 2.19. The summed E-state index contributed by atoms with van der Waals surface area (Å²) < 4.78 is 0. The van der Waals surface area contributed by atoms with Gasteiger partial charge in [-0.05, 0) is 38.1 Å². The second-order valence-corrected chi connectivity index (χ2v) is 7.93. The third-order valence-electron chi connectivity index (χ3n) is 5.03. The summed E-state index contributed by atoms with van der Waals surface area (Å²) in [5.74, 6) is -0.155. The lowest BCUT2D eigenvalue weighted by Gasteiger charge is -2.31. The summed E-state index contributed by atoms with van der Waals surface area (Å²) in [5.41, 5.74) is 8.04. The van der Waals surface area contributed by atoms with Crippen LogP contribution >= 0.6 is 11.3 Å². The lowest BCUT2D eigenvalue weighted by Crippen LogP contribution is -2.33. The first-order chi connectivity index (χ1) is 12.7. The van der Waals surface area contributed by atoms with Gasteiger partial charge in [0.15, 0.2) is 0 Å². The number of benzene rings is 1. The molecule has 0 spiro atoms. The number of hydrogen-bond acceptors (Lipinski definition) is 5. The molecular weight excluding hydrogens is 344 g/mol. The van der Waals surface area contributed by atoms with Crippen LogP contribution in [0.25, 0.3) is 0 Å². The molecule has 0 saturated heterocycles. The lowest BCUT2D eigenvalue weighted by atomic mass is 9.94. The molecule has 0 aliphatic heterocycles. The fraction of sp³-hybridized carbons (Fsp3) is 0.500. The highest BCUT2D eigenvalue weighted by atomic mass is 32.1. The Kier molecular flexibility index (Phi) is 6.77. The van der Waals surface area contributed by atoms with Gasteiger partial charge in [-0.1, -0.05) is 37.5 Å². The number of anilines is 1. The van der Waals surface area contributed by atoms with E-state index in [1.165, 1.54) is 43.4 Å². The number of carbonyl (C=O) groups is 1. The molecule has 5 nitrogen and oxygen atoms in total. The van der Waals surface area contributed by atoms with E-state index in [2.05, 4.69) is 28.3 Å². The topological polar surface area (TPSA) is 71.2 Å². The number of thiazole rings is 1. The Morgan fingerprint density at radius 1 is 1.31 bits per heavy atom. The summed E-state index contributed by atoms with van der Waals surface area (Å²) in [5, 5.41) is 5.75. The zero-order valence-corrected chi connectivity index (χ0v) is 16.2. The Labute approximate surface area is 159 Å². The summed E-state index contributed by atoms with van der Waals surface area (Å²) >= 11 is 1.49. The number of nitrogens with zero attached hydrogens (tertiary/aromatic N) is 2. The van der Waals surface area contributed by atoms with Crippen LogP contribution in [0.1, 0.15) is 53.2 Å². The number of amides is 1. The quantitative estimate of drug-likeness (QED) is 0.778. The number of para-hydroxylation sites is 1. The van der Waals surface area contributed by atoms with Crippen molar-refractivity contribution in [3.8, 4) is 0 Å². The van der Waals surface area contributed by atoms with Gasteiger partial charge in [-0.25, -0.2) is 4.98 Å². The first-order valence-electron chi connectivity index (χ1n) is 9.41. The van der Waals surface area contributed by atoms with Crippen molar-refractivity contribution in [2.24, 2.45) is 5.73 Å². The maximum atomic E-state index is 12.6. The number of nitrogens with one attached hydrogen (secondary N) is 1. The monoisotopic (exact) mass is 372 g/mol. The lowest BCUT2D eigenvalue weighted by molar-refractivity contribution is 0.102. The Morgan fingerprint density at radius 2 is 2.08 bits per heavy atom. The molecule has 3 rings (SSSR count). The minimum atomic E-state index is -0.155. The zero-order valence-electron chi connectivity index (χ0n) is 15.4. The normalized spacial score (nSPS) is 15.3. The predicted octanol–water partition coefficient (Wildman–Crippen LogP) is 3.66. The molecule has 0 radical (unpaired) electrons. The van der Waals surface area contributed by atoms with Crippen molar-refractivity contribution in [2.75, 3.05) is 18.9 Å². The minimum absolute atomic E-state index is 0.155. The largest absolute Gasteiger partial charge is 0.330 e. The van der Waals surface area contributed by atoms with Crippen LogP contribution in [0.3, 0.4) is 0 Å². The molecule has 1 saturated carbocycles. The SMILES string of the molecule is CN(Cc1ccccc1NC(=O)c1csc(CCN)n1)C1CCCCC1. The number of rotatable bonds is 7. The predicted molar refractivity (Wildman–Crippen MR) is 108 cm³/mol. The molecule has 3 N–H and O–H groups in total. The summed E-state index contributed by atoms with van der Waals surface area (Å²) in [6.07, 6.45) is 7.25. The molecule has 26 heavy (non-hydrogen) atoms. The van der Waals surface area contributed by atoms with E-state index in [1.54, 1.807) is 5.38 Å². The van der Waals surface area contributed by atoms with Crippen molar-refractivity contribution in [1.82, 2.24) is 9.88 Å². The highest BCUT2D eigenvalue weighted by molar-refractivity contribution is 7.09. The third kappa shape index (κ3) is 4.90. The van der Waals surface area contributed by atoms with Gasteiger partial charge in [-0.2, -0.15) is 0 Å². The maximum absolute atomic E-state index is 12.6. The Hall–Kier alpha value is -1.76. The fourth-order valence-corrected chi connectivity index (χ4v) is 4.33. The van der Waals surface area contributed by atoms with Crippen LogP contribution in [0.4, 0.5) is 5.69 Å². The average Bonchev–Trinajstić information content (AvgIpc) is 3.13. The summed E-state index contributed by atoms with van der Waals surface area (Å²) in [6, 6.07) is 8.69. The molecule has 0 unspecified atom stereocenters. The highest BCUT2D eigenvalue weighted by Crippen LogP contribution is 2.25. The van der Waals surface area contributed by atoms with Gasteiger partial charge in [0.25, 0.3) is 5.91 Å². The fourth-order valence-electron chi connectivity index (χ4n) is 3.54. The van der Waals surface area contributed by atoms with Crippen molar-refractivity contribution >= 4 is 22.9 Å². The third-order valence-corrected chi connectivity index (χ3v) is 5.93. The van der Waals surface area contributed by atoms with Gasteiger partial charge in [-0.3, -0.25) is 9.69 Å². The van der Waals surface area contributed by atoms with Crippen LogP contribution in [0.15, 0.2) is 29.6 Å². The zero-order chi connectivity index (χ0) is 18.4. The standard InChI is InChI=1S/C20H28N4OS/c1-24(16-8-3-2-4-9-16)13-15-7-5-6-10-17(15)23-20(25)18-14-26-19(22-18)11-12-21/h5-7,10,14,16H,2-4,8-9,11-13,21H2,1H3,(H,23,25). The van der Waals surface area contributed by atoms with Crippen LogP contribution in [0.5, 0.6) is 0 Å². The first-order valence-corrected chi connectivity index (χ1v) is 10.3. The molecule has 140 valence electrons.